The molecule has 2 nitrogen and oxygen atoms in total. The second kappa shape index (κ2) is 3.93. The Kier molecular flexibility index (Phi) is 2.88. The molecule has 0 saturated heterocycles. The molecule has 1 saturated carbocycles. The summed E-state index contributed by atoms with van der Waals surface area (Å²) in [5.41, 5.74) is 1.42. The van der Waals surface area contributed by atoms with Crippen LogP contribution in [0.15, 0.2) is 11.1 Å². The SMILES string of the molecule is CC1CCCCC1=C(C#N)C#N. The van der Waals surface area contributed by atoms with Gasteiger partial charge in [0.25, 0.3) is 0 Å². The van der Waals surface area contributed by atoms with Crippen LogP contribution >= 0.6 is 0 Å². The van der Waals surface area contributed by atoms with Gasteiger partial charge >= 0.3 is 0 Å². The summed E-state index contributed by atoms with van der Waals surface area (Å²) in [6, 6.07) is 3.94. The van der Waals surface area contributed by atoms with Crippen LogP contribution in [0.1, 0.15) is 32.6 Å². The van der Waals surface area contributed by atoms with Crippen LogP contribution in [0.3, 0.4) is 0 Å². The number of hydrogen-bond acceptors (Lipinski definition) is 2. The molecule has 0 radical (unpaired) electrons. The minimum atomic E-state index is 0.349. The summed E-state index contributed by atoms with van der Waals surface area (Å²) in [5, 5.41) is 17.3. The van der Waals surface area contributed by atoms with Crippen molar-refractivity contribution in [3.8, 4) is 12.1 Å². The molecule has 0 spiro atoms. The maximum atomic E-state index is 8.67. The lowest BCUT2D eigenvalue weighted by molar-refractivity contribution is 0.482. The Morgan fingerprint density at radius 3 is 2.50 bits per heavy atom. The van der Waals surface area contributed by atoms with E-state index in [2.05, 4.69) is 6.92 Å². The van der Waals surface area contributed by atoms with Crippen LogP contribution in [0, 0.1) is 28.6 Å². The van der Waals surface area contributed by atoms with Crippen LogP contribution < -0.4 is 0 Å². The van der Waals surface area contributed by atoms with E-state index >= 15 is 0 Å². The van der Waals surface area contributed by atoms with Crippen molar-refractivity contribution in [3.63, 3.8) is 0 Å². The molecule has 1 unspecified atom stereocenters. The van der Waals surface area contributed by atoms with E-state index in [1.165, 1.54) is 6.42 Å². The quantitative estimate of drug-likeness (QED) is 0.511. The minimum absolute atomic E-state index is 0.349. The lowest BCUT2D eigenvalue weighted by atomic mass is 9.83. The first kappa shape index (κ1) is 8.81. The molecule has 0 aliphatic heterocycles. The fourth-order valence-electron chi connectivity index (χ4n) is 1.73. The minimum Gasteiger partial charge on any atom is -0.192 e. The van der Waals surface area contributed by atoms with Gasteiger partial charge in [0.15, 0.2) is 0 Å². The third-order valence-electron chi connectivity index (χ3n) is 2.47. The van der Waals surface area contributed by atoms with Crippen molar-refractivity contribution >= 4 is 0 Å². The highest BCUT2D eigenvalue weighted by Gasteiger charge is 2.17. The van der Waals surface area contributed by atoms with Gasteiger partial charge in [-0.2, -0.15) is 10.5 Å². The molecule has 1 aliphatic rings. The Morgan fingerprint density at radius 1 is 1.33 bits per heavy atom. The number of nitriles is 2. The van der Waals surface area contributed by atoms with Gasteiger partial charge in [-0.3, -0.25) is 0 Å². The smallest absolute Gasteiger partial charge is 0.129 e. The molecule has 1 aliphatic carbocycles. The van der Waals surface area contributed by atoms with Crippen LogP contribution in [-0.4, -0.2) is 0 Å². The van der Waals surface area contributed by atoms with E-state index < -0.39 is 0 Å². The molecule has 1 atom stereocenters. The van der Waals surface area contributed by atoms with E-state index in [1.54, 1.807) is 0 Å². The molecule has 0 aromatic rings. The van der Waals surface area contributed by atoms with Gasteiger partial charge in [0, 0.05) is 0 Å². The summed E-state index contributed by atoms with van der Waals surface area (Å²) in [5.74, 6) is 0.438. The van der Waals surface area contributed by atoms with Crippen LogP contribution in [0.25, 0.3) is 0 Å². The highest BCUT2D eigenvalue weighted by atomic mass is 14.3. The van der Waals surface area contributed by atoms with Gasteiger partial charge in [-0.25, -0.2) is 0 Å². The molecule has 0 aromatic heterocycles. The molecule has 62 valence electrons. The Hall–Kier alpha value is -1.28. The molecule has 12 heavy (non-hydrogen) atoms. The van der Waals surface area contributed by atoms with Crippen molar-refractivity contribution in [2.24, 2.45) is 5.92 Å². The second-order valence-electron chi connectivity index (χ2n) is 3.27. The highest BCUT2D eigenvalue weighted by Crippen LogP contribution is 2.30. The largest absolute Gasteiger partial charge is 0.192 e. The monoisotopic (exact) mass is 160 g/mol. The van der Waals surface area contributed by atoms with Gasteiger partial charge in [-0.15, -0.1) is 0 Å². The van der Waals surface area contributed by atoms with Crippen molar-refractivity contribution in [1.82, 2.24) is 0 Å². The molecule has 1 fully saturated rings. The van der Waals surface area contributed by atoms with Gasteiger partial charge in [-0.1, -0.05) is 13.3 Å². The number of rotatable bonds is 0. The zero-order valence-corrected chi connectivity index (χ0v) is 7.30. The Labute approximate surface area is 73.1 Å². The van der Waals surface area contributed by atoms with E-state index in [4.69, 9.17) is 10.5 Å². The topological polar surface area (TPSA) is 47.6 Å². The van der Waals surface area contributed by atoms with Gasteiger partial charge in [0.05, 0.1) is 0 Å². The summed E-state index contributed by atoms with van der Waals surface area (Å²) in [7, 11) is 0. The molecule has 2 heteroatoms. The van der Waals surface area contributed by atoms with Gasteiger partial charge in [0.1, 0.15) is 17.7 Å². The predicted molar refractivity (Wildman–Crippen MR) is 45.9 cm³/mol. The lowest BCUT2D eigenvalue weighted by Crippen LogP contribution is -2.07. The average Bonchev–Trinajstić information content (AvgIpc) is 2.10. The summed E-state index contributed by atoms with van der Waals surface area (Å²) in [4.78, 5) is 0. The predicted octanol–water partition coefficient (Wildman–Crippen LogP) is 2.54. The first-order chi connectivity index (χ1) is 5.79. The fraction of sp³-hybridized carbons (Fsp3) is 0.600. The van der Waals surface area contributed by atoms with Crippen molar-refractivity contribution in [3.05, 3.63) is 11.1 Å². The first-order valence-electron chi connectivity index (χ1n) is 4.33. The summed E-state index contributed by atoms with van der Waals surface area (Å²) >= 11 is 0. The Bertz CT molecular complexity index is 259. The van der Waals surface area contributed by atoms with Gasteiger partial charge in [-0.05, 0) is 30.8 Å². The third kappa shape index (κ3) is 1.66. The first-order valence-corrected chi connectivity index (χ1v) is 4.33. The number of allylic oxidation sites excluding steroid dienone is 2. The molecule has 0 amide bonds. The summed E-state index contributed by atoms with van der Waals surface area (Å²) in [6.45, 7) is 2.10. The lowest BCUT2D eigenvalue weighted by Gasteiger charge is -2.21. The fourth-order valence-corrected chi connectivity index (χ4v) is 1.73. The van der Waals surface area contributed by atoms with Crippen LogP contribution in [0.2, 0.25) is 0 Å². The average molecular weight is 160 g/mol. The standard InChI is InChI=1S/C10H12N2/c1-8-4-2-3-5-10(8)9(6-11)7-12/h8H,2-5H2,1H3. The van der Waals surface area contributed by atoms with E-state index in [9.17, 15) is 0 Å². The molecular formula is C10H12N2. The zero-order valence-electron chi connectivity index (χ0n) is 7.30. The van der Waals surface area contributed by atoms with Crippen LogP contribution in [0.5, 0.6) is 0 Å². The highest BCUT2D eigenvalue weighted by molar-refractivity contribution is 5.41. The maximum absolute atomic E-state index is 8.67. The van der Waals surface area contributed by atoms with Crippen molar-refractivity contribution < 1.29 is 0 Å². The molecule has 0 heterocycles. The molecule has 0 N–H and O–H groups in total. The van der Waals surface area contributed by atoms with Gasteiger partial charge in [0.2, 0.25) is 0 Å². The van der Waals surface area contributed by atoms with E-state index in [-0.39, 0.29) is 0 Å². The van der Waals surface area contributed by atoms with Crippen molar-refractivity contribution in [2.45, 2.75) is 32.6 Å². The van der Waals surface area contributed by atoms with Crippen LogP contribution in [-0.2, 0) is 0 Å². The zero-order chi connectivity index (χ0) is 8.97. The van der Waals surface area contributed by atoms with Crippen molar-refractivity contribution in [1.29, 1.82) is 10.5 Å². The molecular weight excluding hydrogens is 148 g/mol. The molecule has 0 bridgehead atoms. The van der Waals surface area contributed by atoms with E-state index in [0.717, 1.165) is 24.8 Å². The van der Waals surface area contributed by atoms with E-state index in [1.807, 2.05) is 12.1 Å². The van der Waals surface area contributed by atoms with Gasteiger partial charge < -0.3 is 0 Å². The summed E-state index contributed by atoms with van der Waals surface area (Å²) < 4.78 is 0. The number of hydrogen-bond donors (Lipinski definition) is 0. The normalized spacial score (nSPS) is 22.6. The number of nitrogens with zero attached hydrogens (tertiary/aromatic N) is 2. The third-order valence-corrected chi connectivity index (χ3v) is 2.47. The second-order valence-corrected chi connectivity index (χ2v) is 3.27. The molecule has 1 rings (SSSR count). The Balaban J connectivity index is 2.92. The van der Waals surface area contributed by atoms with Crippen molar-refractivity contribution in [2.75, 3.05) is 0 Å². The van der Waals surface area contributed by atoms with E-state index in [0.29, 0.717) is 11.5 Å². The summed E-state index contributed by atoms with van der Waals surface area (Å²) in [6.07, 6.45) is 4.43. The van der Waals surface area contributed by atoms with Crippen LogP contribution in [0.4, 0.5) is 0 Å². The Morgan fingerprint density at radius 2 is 2.00 bits per heavy atom. The maximum Gasteiger partial charge on any atom is 0.129 e. The molecule has 0 aromatic carbocycles.